The van der Waals surface area contributed by atoms with E-state index in [0.717, 1.165) is 22.2 Å². The number of carbonyl (C=O) groups is 1. The molecule has 13 heteroatoms. The van der Waals surface area contributed by atoms with Crippen molar-refractivity contribution < 1.29 is 31.8 Å². The summed E-state index contributed by atoms with van der Waals surface area (Å²) in [6.07, 6.45) is 5.77. The number of methoxy groups -OCH3 is 1. The number of sulfone groups is 1. The fourth-order valence-corrected chi connectivity index (χ4v) is 10.2. The molecule has 2 heterocycles. The van der Waals surface area contributed by atoms with E-state index in [2.05, 4.69) is 43.9 Å². The van der Waals surface area contributed by atoms with Crippen molar-refractivity contribution in [2.24, 2.45) is 11.3 Å². The van der Waals surface area contributed by atoms with Gasteiger partial charge in [-0.1, -0.05) is 63.2 Å². The molecule has 0 aliphatic heterocycles. The third-order valence-corrected chi connectivity index (χ3v) is 13.7. The molecule has 0 fully saturated rings. The molecule has 0 radical (unpaired) electrons. The molecule has 0 spiro atoms. The van der Waals surface area contributed by atoms with Gasteiger partial charge in [-0.05, 0) is 89.0 Å². The lowest BCUT2D eigenvalue weighted by Crippen LogP contribution is -2.29. The Bertz CT molecular complexity index is 2170. The van der Waals surface area contributed by atoms with Crippen LogP contribution in [0.4, 0.5) is 8.78 Å². The van der Waals surface area contributed by atoms with Crippen LogP contribution in [0, 0.1) is 23.0 Å². The number of rotatable bonds is 16. The first-order valence-electron chi connectivity index (χ1n) is 17.0. The second-order valence-corrected chi connectivity index (χ2v) is 18.4. The lowest BCUT2D eigenvalue weighted by atomic mass is 9.73. The average Bonchev–Trinajstić information content (AvgIpc) is 3.77. The highest BCUT2D eigenvalue weighted by molar-refractivity contribution is 9.10. The van der Waals surface area contributed by atoms with Gasteiger partial charge in [0.2, 0.25) is 0 Å². The topological polar surface area (TPSA) is 125 Å². The molecular formula is C39H44BrF2N3O5S2. The molecule has 52 heavy (non-hydrogen) atoms. The molecule has 1 unspecified atom stereocenters. The molecule has 0 aliphatic rings. The Morgan fingerprint density at radius 3 is 2.58 bits per heavy atom. The first-order valence-corrected chi connectivity index (χ1v) is 20.5. The van der Waals surface area contributed by atoms with Crippen LogP contribution in [0.25, 0.3) is 22.3 Å². The van der Waals surface area contributed by atoms with Crippen LogP contribution in [0.3, 0.4) is 0 Å². The minimum atomic E-state index is -3.42. The zero-order valence-electron chi connectivity index (χ0n) is 29.9. The van der Waals surface area contributed by atoms with E-state index in [9.17, 15) is 18.3 Å². The van der Waals surface area contributed by atoms with E-state index in [-0.39, 0.29) is 29.0 Å². The molecule has 5 rings (SSSR count). The summed E-state index contributed by atoms with van der Waals surface area (Å²) in [6.45, 7) is 7.30. The van der Waals surface area contributed by atoms with E-state index in [1.165, 1.54) is 31.0 Å². The zero-order chi connectivity index (χ0) is 37.8. The molecule has 2 aromatic heterocycles. The number of benzene rings is 3. The molecule has 0 amide bonds. The molecule has 8 nitrogen and oxygen atoms in total. The SMILES string of the molecule is COC(=O)[C@@H](C)Cc1cccc(C(C)(CCCC(C)(C)CS(=O)(=O)CCO)c2cnc(-c3cc(Sc4c(F)cc5[nH]ccc5c4Br)ccc3F)[nH]2)c1. The van der Waals surface area contributed by atoms with Crippen molar-refractivity contribution in [3.8, 4) is 11.4 Å². The van der Waals surface area contributed by atoms with Crippen molar-refractivity contribution in [2.45, 2.75) is 68.6 Å². The number of hydrogen-bond acceptors (Lipinski definition) is 7. The van der Waals surface area contributed by atoms with Gasteiger partial charge in [0.05, 0.1) is 41.6 Å². The van der Waals surface area contributed by atoms with Crippen LogP contribution in [-0.2, 0) is 31.2 Å². The summed E-state index contributed by atoms with van der Waals surface area (Å²) in [5.41, 5.74) is 2.32. The van der Waals surface area contributed by atoms with Crippen LogP contribution in [0.1, 0.15) is 63.8 Å². The summed E-state index contributed by atoms with van der Waals surface area (Å²) in [5, 5.41) is 10.1. The summed E-state index contributed by atoms with van der Waals surface area (Å²) in [6, 6.07) is 15.9. The highest BCUT2D eigenvalue weighted by Gasteiger charge is 2.34. The van der Waals surface area contributed by atoms with E-state index in [1.807, 2.05) is 45.0 Å². The standard InChI is InChI=1S/C39H44BrF2N3O5S2/c1-24(37(47)50-5)18-25-8-6-9-26(19-25)39(4,14-7-13-38(2,3)23-52(48,49)17-16-46)33-22-44-36(45-33)29-20-27(10-11-30(29)41)51-35-31(42)21-32-28(34(35)40)12-15-43-32/h6,8-12,15,19-22,24,43,46H,7,13-14,16-18,23H2,1-5H3,(H,44,45)/t24-,39?/m0/s1. The summed E-state index contributed by atoms with van der Waals surface area (Å²) in [7, 11) is -2.05. The number of fused-ring (bicyclic) bond motifs is 1. The Hall–Kier alpha value is -3.52. The van der Waals surface area contributed by atoms with Gasteiger partial charge in [0.15, 0.2) is 9.84 Å². The lowest BCUT2D eigenvalue weighted by Gasteiger charge is -2.32. The molecule has 0 saturated heterocycles. The van der Waals surface area contributed by atoms with Crippen LogP contribution in [0.5, 0.6) is 0 Å². The number of aliphatic hydroxyl groups is 1. The Morgan fingerprint density at radius 2 is 1.85 bits per heavy atom. The minimum Gasteiger partial charge on any atom is -0.469 e. The van der Waals surface area contributed by atoms with E-state index in [1.54, 1.807) is 24.5 Å². The Labute approximate surface area is 316 Å². The predicted octanol–water partition coefficient (Wildman–Crippen LogP) is 9.01. The minimum absolute atomic E-state index is 0.0421. The van der Waals surface area contributed by atoms with Crippen molar-refractivity contribution in [3.63, 3.8) is 0 Å². The van der Waals surface area contributed by atoms with Crippen LogP contribution < -0.4 is 0 Å². The van der Waals surface area contributed by atoms with Gasteiger partial charge in [-0.2, -0.15) is 0 Å². The summed E-state index contributed by atoms with van der Waals surface area (Å²) in [4.78, 5) is 24.3. The lowest BCUT2D eigenvalue weighted by molar-refractivity contribution is -0.144. The predicted molar refractivity (Wildman–Crippen MR) is 205 cm³/mol. The number of nitrogens with zero attached hydrogens (tertiary/aromatic N) is 1. The number of nitrogens with one attached hydrogen (secondary N) is 2. The fourth-order valence-electron chi connectivity index (χ4n) is 6.73. The highest BCUT2D eigenvalue weighted by atomic mass is 79.9. The number of aromatic nitrogens is 3. The second kappa shape index (κ2) is 16.2. The molecular weight excluding hydrogens is 772 g/mol. The molecule has 278 valence electrons. The van der Waals surface area contributed by atoms with Gasteiger partial charge in [-0.3, -0.25) is 4.79 Å². The Kier molecular flexibility index (Phi) is 12.4. The highest BCUT2D eigenvalue weighted by Crippen LogP contribution is 2.42. The number of carbonyl (C=O) groups excluding carboxylic acids is 1. The molecule has 2 atom stereocenters. The van der Waals surface area contributed by atoms with Crippen LogP contribution in [0.2, 0.25) is 0 Å². The van der Waals surface area contributed by atoms with Crippen molar-refractivity contribution in [2.75, 3.05) is 25.2 Å². The molecule has 3 N–H and O–H groups in total. The number of ether oxygens (including phenoxy) is 1. The Morgan fingerprint density at radius 1 is 1.08 bits per heavy atom. The van der Waals surface area contributed by atoms with Gasteiger partial charge in [0, 0.05) is 43.8 Å². The number of halogens is 3. The number of aromatic amines is 2. The third kappa shape index (κ3) is 9.15. The maximum absolute atomic E-state index is 15.5. The number of hydrogen-bond donors (Lipinski definition) is 3. The van der Waals surface area contributed by atoms with Crippen LogP contribution in [0.15, 0.2) is 81.3 Å². The number of esters is 1. The van der Waals surface area contributed by atoms with Gasteiger partial charge in [-0.25, -0.2) is 22.2 Å². The van der Waals surface area contributed by atoms with Gasteiger partial charge < -0.3 is 19.8 Å². The first-order chi connectivity index (χ1) is 24.6. The smallest absolute Gasteiger partial charge is 0.308 e. The molecule has 5 aromatic rings. The van der Waals surface area contributed by atoms with E-state index >= 15 is 8.78 Å². The monoisotopic (exact) mass is 815 g/mol. The van der Waals surface area contributed by atoms with E-state index in [4.69, 9.17) is 4.74 Å². The second-order valence-electron chi connectivity index (χ2n) is 14.3. The van der Waals surface area contributed by atoms with Crippen molar-refractivity contribution in [1.82, 2.24) is 15.0 Å². The first kappa shape index (κ1) is 39.7. The molecule has 0 bridgehead atoms. The largest absolute Gasteiger partial charge is 0.469 e. The zero-order valence-corrected chi connectivity index (χ0v) is 33.1. The fraction of sp³-hybridized carbons (Fsp3) is 0.385. The van der Waals surface area contributed by atoms with Gasteiger partial charge in [0.25, 0.3) is 0 Å². The maximum Gasteiger partial charge on any atom is 0.308 e. The number of imidazole rings is 1. The van der Waals surface area contributed by atoms with Crippen LogP contribution >= 0.6 is 27.7 Å². The van der Waals surface area contributed by atoms with E-state index < -0.39 is 38.9 Å². The van der Waals surface area contributed by atoms with Gasteiger partial charge >= 0.3 is 5.97 Å². The maximum atomic E-state index is 15.5. The average molecular weight is 817 g/mol. The summed E-state index contributed by atoms with van der Waals surface area (Å²) < 4.78 is 61.3. The summed E-state index contributed by atoms with van der Waals surface area (Å²) >= 11 is 4.72. The van der Waals surface area contributed by atoms with Crippen molar-refractivity contribution in [3.05, 3.63) is 99.9 Å². The quantitative estimate of drug-likeness (QED) is 0.0850. The van der Waals surface area contributed by atoms with Crippen LogP contribution in [-0.4, -0.2) is 59.7 Å². The van der Waals surface area contributed by atoms with Crippen molar-refractivity contribution in [1.29, 1.82) is 0 Å². The van der Waals surface area contributed by atoms with Crippen molar-refractivity contribution >= 4 is 54.4 Å². The van der Waals surface area contributed by atoms with Gasteiger partial charge in [0.1, 0.15) is 17.5 Å². The Balaban J connectivity index is 1.47. The van der Waals surface area contributed by atoms with E-state index in [0.29, 0.717) is 51.3 Å². The number of aliphatic hydroxyl groups excluding tert-OH is 1. The third-order valence-electron chi connectivity index (χ3n) is 9.54. The normalized spacial score (nSPS) is 14.0. The van der Waals surface area contributed by atoms with Gasteiger partial charge in [-0.15, -0.1) is 0 Å². The molecule has 0 aliphatic carbocycles. The molecule has 0 saturated carbocycles. The summed E-state index contributed by atoms with van der Waals surface area (Å²) in [5.74, 6) is -1.55. The molecule has 3 aromatic carbocycles. The number of H-pyrrole nitrogens is 2.